The SMILES string of the molecule is CC(CCCNC(=O)c1ccc(C(N)=O)cc1)C(=O)O. The van der Waals surface area contributed by atoms with E-state index in [0.29, 0.717) is 30.5 Å². The molecule has 1 rings (SSSR count). The van der Waals surface area contributed by atoms with Crippen LogP contribution in [0.15, 0.2) is 24.3 Å². The summed E-state index contributed by atoms with van der Waals surface area (Å²) in [6.45, 7) is 2.04. The first-order chi connectivity index (χ1) is 9.41. The molecule has 4 N–H and O–H groups in total. The van der Waals surface area contributed by atoms with E-state index in [-0.39, 0.29) is 5.91 Å². The van der Waals surface area contributed by atoms with Gasteiger partial charge in [-0.25, -0.2) is 0 Å². The number of benzene rings is 1. The lowest BCUT2D eigenvalue weighted by Gasteiger charge is -2.07. The highest BCUT2D eigenvalue weighted by Gasteiger charge is 2.11. The highest BCUT2D eigenvalue weighted by atomic mass is 16.4. The summed E-state index contributed by atoms with van der Waals surface area (Å²) in [5.41, 5.74) is 5.88. The van der Waals surface area contributed by atoms with Crippen molar-refractivity contribution >= 4 is 17.8 Å². The van der Waals surface area contributed by atoms with Gasteiger partial charge in [0.1, 0.15) is 0 Å². The zero-order valence-electron chi connectivity index (χ0n) is 11.3. The second-order valence-corrected chi connectivity index (χ2v) is 4.58. The van der Waals surface area contributed by atoms with Gasteiger partial charge in [0.25, 0.3) is 5.91 Å². The maximum atomic E-state index is 11.8. The van der Waals surface area contributed by atoms with Gasteiger partial charge in [0, 0.05) is 17.7 Å². The van der Waals surface area contributed by atoms with E-state index in [1.54, 1.807) is 6.92 Å². The predicted molar refractivity (Wildman–Crippen MR) is 73.3 cm³/mol. The largest absolute Gasteiger partial charge is 0.481 e. The number of nitrogens with one attached hydrogen (secondary N) is 1. The van der Waals surface area contributed by atoms with Crippen molar-refractivity contribution in [3.8, 4) is 0 Å². The van der Waals surface area contributed by atoms with Gasteiger partial charge in [-0.05, 0) is 37.1 Å². The van der Waals surface area contributed by atoms with Crippen LogP contribution in [0.1, 0.15) is 40.5 Å². The monoisotopic (exact) mass is 278 g/mol. The van der Waals surface area contributed by atoms with Crippen molar-refractivity contribution in [3.63, 3.8) is 0 Å². The lowest BCUT2D eigenvalue weighted by Crippen LogP contribution is -2.25. The molecule has 0 aliphatic heterocycles. The zero-order chi connectivity index (χ0) is 15.1. The van der Waals surface area contributed by atoms with Crippen molar-refractivity contribution < 1.29 is 19.5 Å². The number of carbonyl (C=O) groups is 3. The van der Waals surface area contributed by atoms with Crippen LogP contribution < -0.4 is 11.1 Å². The number of primary amides is 1. The molecule has 0 aliphatic carbocycles. The maximum Gasteiger partial charge on any atom is 0.306 e. The van der Waals surface area contributed by atoms with Crippen LogP contribution in [-0.2, 0) is 4.79 Å². The van der Waals surface area contributed by atoms with Crippen LogP contribution in [0.4, 0.5) is 0 Å². The van der Waals surface area contributed by atoms with Crippen LogP contribution in [0.2, 0.25) is 0 Å². The second kappa shape index (κ2) is 7.28. The number of rotatable bonds is 7. The highest BCUT2D eigenvalue weighted by molar-refractivity contribution is 5.97. The molecule has 1 unspecified atom stereocenters. The van der Waals surface area contributed by atoms with Crippen molar-refractivity contribution in [3.05, 3.63) is 35.4 Å². The van der Waals surface area contributed by atoms with E-state index < -0.39 is 17.8 Å². The Morgan fingerprint density at radius 2 is 1.75 bits per heavy atom. The quantitative estimate of drug-likeness (QED) is 0.647. The van der Waals surface area contributed by atoms with Gasteiger partial charge in [-0.3, -0.25) is 14.4 Å². The summed E-state index contributed by atoms with van der Waals surface area (Å²) >= 11 is 0. The van der Waals surface area contributed by atoms with Crippen molar-refractivity contribution in [2.75, 3.05) is 6.54 Å². The Balaban J connectivity index is 2.39. The van der Waals surface area contributed by atoms with E-state index in [2.05, 4.69) is 5.32 Å². The molecular formula is C14H18N2O4. The maximum absolute atomic E-state index is 11.8. The fourth-order valence-corrected chi connectivity index (χ4v) is 1.62. The molecule has 1 aromatic rings. The molecule has 6 nitrogen and oxygen atoms in total. The fraction of sp³-hybridized carbons (Fsp3) is 0.357. The standard InChI is InChI=1S/C14H18N2O4/c1-9(14(19)20)3-2-8-16-13(18)11-6-4-10(5-7-11)12(15)17/h4-7,9H,2-3,8H2,1H3,(H2,15,17)(H,16,18)(H,19,20). The molecule has 1 atom stereocenters. The Hall–Kier alpha value is -2.37. The smallest absolute Gasteiger partial charge is 0.306 e. The molecule has 0 spiro atoms. The Morgan fingerprint density at radius 1 is 1.20 bits per heavy atom. The van der Waals surface area contributed by atoms with Gasteiger partial charge in [0.05, 0.1) is 5.92 Å². The number of aliphatic carboxylic acids is 1. The third-order valence-corrected chi connectivity index (χ3v) is 2.95. The molecule has 6 heteroatoms. The van der Waals surface area contributed by atoms with Gasteiger partial charge in [-0.15, -0.1) is 0 Å². The van der Waals surface area contributed by atoms with E-state index >= 15 is 0 Å². The van der Waals surface area contributed by atoms with Gasteiger partial charge in [-0.2, -0.15) is 0 Å². The Morgan fingerprint density at radius 3 is 2.25 bits per heavy atom. The molecule has 0 saturated carbocycles. The number of carbonyl (C=O) groups excluding carboxylic acids is 2. The summed E-state index contributed by atoms with van der Waals surface area (Å²) < 4.78 is 0. The van der Waals surface area contributed by atoms with E-state index in [1.165, 1.54) is 24.3 Å². The average Bonchev–Trinajstić information content (AvgIpc) is 2.43. The molecule has 2 amide bonds. The molecule has 0 aliphatic rings. The van der Waals surface area contributed by atoms with Crippen molar-refractivity contribution in [1.29, 1.82) is 0 Å². The topological polar surface area (TPSA) is 109 Å². The van der Waals surface area contributed by atoms with E-state index in [4.69, 9.17) is 10.8 Å². The van der Waals surface area contributed by atoms with Gasteiger partial charge in [0.15, 0.2) is 0 Å². The summed E-state index contributed by atoms with van der Waals surface area (Å²) in [7, 11) is 0. The fourth-order valence-electron chi connectivity index (χ4n) is 1.62. The van der Waals surface area contributed by atoms with Crippen LogP contribution in [0, 0.1) is 5.92 Å². The number of hydrogen-bond donors (Lipinski definition) is 3. The van der Waals surface area contributed by atoms with Crippen LogP contribution in [-0.4, -0.2) is 29.4 Å². The molecule has 1 aromatic carbocycles. The molecular weight excluding hydrogens is 260 g/mol. The van der Waals surface area contributed by atoms with Gasteiger partial charge in [-0.1, -0.05) is 6.92 Å². The summed E-state index contributed by atoms with van der Waals surface area (Å²) in [4.78, 5) is 33.3. The summed E-state index contributed by atoms with van der Waals surface area (Å²) in [6, 6.07) is 6.03. The molecule has 0 aromatic heterocycles. The molecule has 0 heterocycles. The third-order valence-electron chi connectivity index (χ3n) is 2.95. The summed E-state index contributed by atoms with van der Waals surface area (Å²) in [5.74, 6) is -2.05. The first kappa shape index (κ1) is 15.7. The molecule has 20 heavy (non-hydrogen) atoms. The first-order valence-corrected chi connectivity index (χ1v) is 6.32. The number of carboxylic acid groups (broad SMARTS) is 1. The van der Waals surface area contributed by atoms with Crippen LogP contribution >= 0.6 is 0 Å². The van der Waals surface area contributed by atoms with Crippen LogP contribution in [0.5, 0.6) is 0 Å². The van der Waals surface area contributed by atoms with Gasteiger partial charge in [0.2, 0.25) is 5.91 Å². The van der Waals surface area contributed by atoms with Crippen molar-refractivity contribution in [2.24, 2.45) is 11.7 Å². The highest BCUT2D eigenvalue weighted by Crippen LogP contribution is 2.06. The lowest BCUT2D eigenvalue weighted by molar-refractivity contribution is -0.141. The minimum absolute atomic E-state index is 0.260. The summed E-state index contributed by atoms with van der Waals surface area (Å²) in [5, 5.41) is 11.4. The zero-order valence-corrected chi connectivity index (χ0v) is 11.3. The number of carboxylic acids is 1. The summed E-state index contributed by atoms with van der Waals surface area (Å²) in [6.07, 6.45) is 1.11. The van der Waals surface area contributed by atoms with Gasteiger partial charge < -0.3 is 16.2 Å². The number of hydrogen-bond acceptors (Lipinski definition) is 3. The molecule has 0 bridgehead atoms. The number of amides is 2. The van der Waals surface area contributed by atoms with E-state index in [1.807, 2.05) is 0 Å². The Kier molecular flexibility index (Phi) is 5.71. The van der Waals surface area contributed by atoms with Crippen LogP contribution in [0.3, 0.4) is 0 Å². The van der Waals surface area contributed by atoms with E-state index in [0.717, 1.165) is 0 Å². The normalized spacial score (nSPS) is 11.7. The minimum Gasteiger partial charge on any atom is -0.481 e. The lowest BCUT2D eigenvalue weighted by atomic mass is 10.1. The minimum atomic E-state index is -0.835. The average molecular weight is 278 g/mol. The molecule has 0 radical (unpaired) electrons. The second-order valence-electron chi connectivity index (χ2n) is 4.58. The Bertz CT molecular complexity index is 496. The van der Waals surface area contributed by atoms with Gasteiger partial charge >= 0.3 is 5.97 Å². The van der Waals surface area contributed by atoms with Crippen LogP contribution in [0.25, 0.3) is 0 Å². The first-order valence-electron chi connectivity index (χ1n) is 6.32. The predicted octanol–water partition coefficient (Wildman–Crippen LogP) is 1.02. The van der Waals surface area contributed by atoms with E-state index in [9.17, 15) is 14.4 Å². The molecule has 0 saturated heterocycles. The van der Waals surface area contributed by atoms with Crippen molar-refractivity contribution in [2.45, 2.75) is 19.8 Å². The Labute approximate surface area is 117 Å². The number of nitrogens with two attached hydrogens (primary N) is 1. The molecule has 0 fully saturated rings. The molecule has 108 valence electrons. The third kappa shape index (κ3) is 4.72. The van der Waals surface area contributed by atoms with Crippen molar-refractivity contribution in [1.82, 2.24) is 5.32 Å².